The molecule has 1 heterocycles. The molecule has 2 aromatic rings. The highest BCUT2D eigenvalue weighted by Gasteiger charge is 2.22. The van der Waals surface area contributed by atoms with Gasteiger partial charge < -0.3 is 29.6 Å². The van der Waals surface area contributed by atoms with Crippen molar-refractivity contribution in [3.63, 3.8) is 0 Å². The Morgan fingerprint density at radius 1 is 1.07 bits per heavy atom. The van der Waals surface area contributed by atoms with Crippen molar-refractivity contribution in [2.45, 2.75) is 19.0 Å². The normalized spacial score (nSPS) is 15.1. The Labute approximate surface area is 158 Å². The van der Waals surface area contributed by atoms with E-state index in [0.29, 0.717) is 31.1 Å². The molecule has 2 aromatic carbocycles. The molecule has 0 aromatic heterocycles. The number of amides is 2. The van der Waals surface area contributed by atoms with Crippen LogP contribution < -0.4 is 29.6 Å². The van der Waals surface area contributed by atoms with E-state index in [2.05, 4.69) is 10.6 Å². The van der Waals surface area contributed by atoms with Gasteiger partial charge in [-0.3, -0.25) is 0 Å². The van der Waals surface area contributed by atoms with Crippen molar-refractivity contribution in [1.29, 1.82) is 0 Å². The van der Waals surface area contributed by atoms with E-state index in [1.54, 1.807) is 21.3 Å². The van der Waals surface area contributed by atoms with Crippen LogP contribution in [-0.2, 0) is 13.0 Å². The van der Waals surface area contributed by atoms with E-state index in [4.69, 9.17) is 18.9 Å². The second kappa shape index (κ2) is 8.53. The van der Waals surface area contributed by atoms with Gasteiger partial charge in [-0.05, 0) is 47.9 Å². The van der Waals surface area contributed by atoms with Crippen LogP contribution in [0, 0.1) is 0 Å². The van der Waals surface area contributed by atoms with Crippen molar-refractivity contribution >= 4 is 6.03 Å². The van der Waals surface area contributed by atoms with Gasteiger partial charge >= 0.3 is 6.03 Å². The first-order valence-electron chi connectivity index (χ1n) is 8.68. The minimum absolute atomic E-state index is 0.102. The summed E-state index contributed by atoms with van der Waals surface area (Å²) in [7, 11) is 4.80. The zero-order valence-electron chi connectivity index (χ0n) is 15.7. The molecule has 1 aliphatic rings. The highest BCUT2D eigenvalue weighted by Crippen LogP contribution is 2.29. The van der Waals surface area contributed by atoms with Gasteiger partial charge in [0.25, 0.3) is 0 Å². The molecule has 1 atom stereocenters. The molecule has 0 aliphatic carbocycles. The third-order valence-electron chi connectivity index (χ3n) is 4.41. The lowest BCUT2D eigenvalue weighted by Crippen LogP contribution is -2.47. The minimum Gasteiger partial charge on any atom is -0.497 e. The van der Waals surface area contributed by atoms with E-state index in [0.717, 1.165) is 22.6 Å². The van der Waals surface area contributed by atoms with Crippen LogP contribution in [0.5, 0.6) is 23.0 Å². The number of carbonyl (C=O) groups is 1. The van der Waals surface area contributed by atoms with E-state index in [-0.39, 0.29) is 12.1 Å². The van der Waals surface area contributed by atoms with Gasteiger partial charge in [0.2, 0.25) is 0 Å². The molecule has 0 radical (unpaired) electrons. The summed E-state index contributed by atoms with van der Waals surface area (Å²) in [4.78, 5) is 12.2. The Balaban J connectivity index is 1.54. The van der Waals surface area contributed by atoms with Gasteiger partial charge in [0.15, 0.2) is 11.5 Å². The second-order valence-electron chi connectivity index (χ2n) is 6.20. The molecule has 0 fully saturated rings. The lowest BCUT2D eigenvalue weighted by molar-refractivity contribution is 0.214. The smallest absolute Gasteiger partial charge is 0.315 e. The summed E-state index contributed by atoms with van der Waals surface area (Å²) in [5.74, 6) is 2.89. The monoisotopic (exact) mass is 372 g/mol. The molecule has 0 unspecified atom stereocenters. The predicted octanol–water partition coefficient (Wildman–Crippen LogP) is 2.52. The van der Waals surface area contributed by atoms with Crippen molar-refractivity contribution in [2.24, 2.45) is 0 Å². The van der Waals surface area contributed by atoms with Gasteiger partial charge in [0.1, 0.15) is 18.1 Å². The zero-order chi connectivity index (χ0) is 19.2. The predicted molar refractivity (Wildman–Crippen MR) is 101 cm³/mol. The number of ether oxygens (including phenoxy) is 4. The molecule has 1 aliphatic heterocycles. The van der Waals surface area contributed by atoms with Gasteiger partial charge in [-0.25, -0.2) is 4.79 Å². The maximum atomic E-state index is 12.2. The molecule has 27 heavy (non-hydrogen) atoms. The molecule has 0 saturated carbocycles. The summed E-state index contributed by atoms with van der Waals surface area (Å²) in [5.41, 5.74) is 1.93. The first-order valence-corrected chi connectivity index (χ1v) is 8.68. The molecular weight excluding hydrogens is 348 g/mol. The van der Waals surface area contributed by atoms with Crippen LogP contribution in [-0.4, -0.2) is 40.0 Å². The van der Waals surface area contributed by atoms with Crippen molar-refractivity contribution in [2.75, 3.05) is 27.9 Å². The number of methoxy groups -OCH3 is 3. The van der Waals surface area contributed by atoms with E-state index >= 15 is 0 Å². The molecule has 0 saturated heterocycles. The minimum atomic E-state index is -0.246. The largest absolute Gasteiger partial charge is 0.497 e. The van der Waals surface area contributed by atoms with Gasteiger partial charge in [-0.15, -0.1) is 0 Å². The standard InChI is InChI=1S/C20H24N2O5/c1-24-16-5-7-17-14(10-16)9-15(12-27-17)22-20(23)21-11-13-4-6-18(25-2)19(8-13)26-3/h4-8,10,15H,9,11-12H2,1-3H3,(H2,21,22,23)/t15-/m0/s1. The number of hydrogen-bond donors (Lipinski definition) is 2. The Bertz CT molecular complexity index is 809. The highest BCUT2D eigenvalue weighted by atomic mass is 16.5. The fourth-order valence-corrected chi connectivity index (χ4v) is 3.00. The van der Waals surface area contributed by atoms with Crippen molar-refractivity contribution < 1.29 is 23.7 Å². The summed E-state index contributed by atoms with van der Waals surface area (Å²) in [6.07, 6.45) is 0.691. The molecule has 7 nitrogen and oxygen atoms in total. The molecular formula is C20H24N2O5. The lowest BCUT2D eigenvalue weighted by atomic mass is 10.0. The van der Waals surface area contributed by atoms with Crippen LogP contribution >= 0.6 is 0 Å². The Hall–Kier alpha value is -3.09. The summed E-state index contributed by atoms with van der Waals surface area (Å²) in [6.45, 7) is 0.813. The average Bonchev–Trinajstić information content (AvgIpc) is 2.71. The van der Waals surface area contributed by atoms with Crippen LogP contribution in [0.4, 0.5) is 4.79 Å². The molecule has 0 bridgehead atoms. The quantitative estimate of drug-likeness (QED) is 0.815. The maximum absolute atomic E-state index is 12.2. The summed E-state index contributed by atoms with van der Waals surface area (Å²) in [5, 5.41) is 5.80. The number of rotatable bonds is 6. The number of urea groups is 1. The number of hydrogen-bond acceptors (Lipinski definition) is 5. The van der Waals surface area contributed by atoms with Crippen LogP contribution in [0.1, 0.15) is 11.1 Å². The van der Waals surface area contributed by atoms with Crippen molar-refractivity contribution in [1.82, 2.24) is 10.6 Å². The SMILES string of the molecule is COc1ccc2c(c1)C[C@H](NC(=O)NCc1ccc(OC)c(OC)c1)CO2. The molecule has 144 valence electrons. The average molecular weight is 372 g/mol. The van der Waals surface area contributed by atoms with E-state index in [1.807, 2.05) is 36.4 Å². The van der Waals surface area contributed by atoms with Crippen LogP contribution in [0.3, 0.4) is 0 Å². The second-order valence-corrected chi connectivity index (χ2v) is 6.20. The van der Waals surface area contributed by atoms with Gasteiger partial charge in [0, 0.05) is 6.54 Å². The summed E-state index contributed by atoms with van der Waals surface area (Å²) in [6, 6.07) is 10.9. The lowest BCUT2D eigenvalue weighted by Gasteiger charge is -2.26. The number of nitrogens with one attached hydrogen (secondary N) is 2. The van der Waals surface area contributed by atoms with Crippen LogP contribution in [0.15, 0.2) is 36.4 Å². The van der Waals surface area contributed by atoms with E-state index in [1.165, 1.54) is 0 Å². The van der Waals surface area contributed by atoms with Gasteiger partial charge in [-0.2, -0.15) is 0 Å². The van der Waals surface area contributed by atoms with E-state index in [9.17, 15) is 4.79 Å². The maximum Gasteiger partial charge on any atom is 0.315 e. The van der Waals surface area contributed by atoms with Gasteiger partial charge in [0.05, 0.1) is 27.4 Å². The van der Waals surface area contributed by atoms with Crippen LogP contribution in [0.2, 0.25) is 0 Å². The molecule has 2 amide bonds. The Morgan fingerprint density at radius 2 is 1.89 bits per heavy atom. The number of carbonyl (C=O) groups excluding carboxylic acids is 1. The third-order valence-corrected chi connectivity index (χ3v) is 4.41. The van der Waals surface area contributed by atoms with Crippen molar-refractivity contribution in [3.8, 4) is 23.0 Å². The summed E-state index contributed by atoms with van der Waals surface area (Å²) < 4.78 is 21.5. The fraction of sp³-hybridized carbons (Fsp3) is 0.350. The molecule has 3 rings (SSSR count). The molecule has 7 heteroatoms. The van der Waals surface area contributed by atoms with Crippen molar-refractivity contribution in [3.05, 3.63) is 47.5 Å². The topological polar surface area (TPSA) is 78.1 Å². The fourth-order valence-electron chi connectivity index (χ4n) is 3.00. The number of fused-ring (bicyclic) bond motifs is 1. The molecule has 0 spiro atoms. The Morgan fingerprint density at radius 3 is 2.63 bits per heavy atom. The molecule has 2 N–H and O–H groups in total. The van der Waals surface area contributed by atoms with E-state index < -0.39 is 0 Å². The third kappa shape index (κ3) is 4.55. The highest BCUT2D eigenvalue weighted by molar-refractivity contribution is 5.74. The first-order chi connectivity index (χ1) is 13.1. The number of benzene rings is 2. The summed E-state index contributed by atoms with van der Waals surface area (Å²) >= 11 is 0. The zero-order valence-corrected chi connectivity index (χ0v) is 15.7. The Kier molecular flexibility index (Phi) is 5.90. The van der Waals surface area contributed by atoms with Crippen LogP contribution in [0.25, 0.3) is 0 Å². The first kappa shape index (κ1) is 18.7. The van der Waals surface area contributed by atoms with Gasteiger partial charge in [-0.1, -0.05) is 6.07 Å².